The molecular weight excluding hydrogens is 345 g/mol. The number of hydrogen-bond donors (Lipinski definition) is 2. The average molecular weight is 358 g/mol. The maximum absolute atomic E-state index is 14.1. The van der Waals surface area contributed by atoms with Crippen LogP contribution in [0.2, 0.25) is 5.02 Å². The van der Waals surface area contributed by atoms with E-state index in [9.17, 15) is 9.18 Å². The van der Waals surface area contributed by atoms with Gasteiger partial charge in [-0.25, -0.2) is 9.37 Å². The maximum Gasteiger partial charge on any atom is 0.253 e. The summed E-state index contributed by atoms with van der Waals surface area (Å²) in [7, 11) is 0. The Morgan fingerprint density at radius 3 is 2.96 bits per heavy atom. The molecule has 0 unspecified atom stereocenters. The molecule has 2 aromatic carbocycles. The number of benzene rings is 2. The number of rotatable bonds is 3. The lowest BCUT2D eigenvalue weighted by Crippen LogP contribution is -2.15. The summed E-state index contributed by atoms with van der Waals surface area (Å²) in [5.41, 5.74) is 2.10. The highest BCUT2D eigenvalue weighted by Gasteiger charge is 2.11. The molecule has 0 aliphatic carbocycles. The fourth-order valence-corrected chi connectivity index (χ4v) is 2.94. The van der Waals surface area contributed by atoms with Crippen molar-refractivity contribution >= 4 is 39.3 Å². The molecule has 126 valence electrons. The van der Waals surface area contributed by atoms with Gasteiger partial charge in [0.15, 0.2) is 17.3 Å². The van der Waals surface area contributed by atoms with E-state index in [0.29, 0.717) is 33.2 Å². The Balaban J connectivity index is 1.65. The van der Waals surface area contributed by atoms with E-state index in [0.717, 1.165) is 5.39 Å². The average Bonchev–Trinajstić information content (AvgIpc) is 2.94. The van der Waals surface area contributed by atoms with Crippen LogP contribution >= 0.6 is 11.6 Å². The molecule has 0 saturated heterocycles. The number of H-pyrrole nitrogens is 1. The van der Waals surface area contributed by atoms with Crippen LogP contribution in [0.4, 0.5) is 10.1 Å². The van der Waals surface area contributed by atoms with Crippen LogP contribution in [-0.4, -0.2) is 9.97 Å². The highest BCUT2D eigenvalue weighted by atomic mass is 35.5. The topological polar surface area (TPSA) is 70.9 Å². The predicted molar refractivity (Wildman–Crippen MR) is 95.6 cm³/mol. The Hall–Kier alpha value is -2.86. The SMILES string of the molecule is Cc1nc2cc(NCc3cc4cc(Cl)ccc4[nH]c3=O)cc(F)c2o1. The molecule has 0 bridgehead atoms. The van der Waals surface area contributed by atoms with Crippen molar-refractivity contribution in [3.05, 3.63) is 69.0 Å². The summed E-state index contributed by atoms with van der Waals surface area (Å²) in [5.74, 6) is -0.103. The van der Waals surface area contributed by atoms with Gasteiger partial charge >= 0.3 is 0 Å². The predicted octanol–water partition coefficient (Wildman–Crippen LogP) is 4.38. The number of aryl methyl sites for hydroxylation is 1. The van der Waals surface area contributed by atoms with Gasteiger partial charge in [0.05, 0.1) is 0 Å². The van der Waals surface area contributed by atoms with Crippen LogP contribution < -0.4 is 10.9 Å². The van der Waals surface area contributed by atoms with E-state index in [1.807, 2.05) is 0 Å². The second-order valence-electron chi connectivity index (χ2n) is 5.75. The Labute approximate surface area is 146 Å². The summed E-state index contributed by atoms with van der Waals surface area (Å²) < 4.78 is 19.3. The van der Waals surface area contributed by atoms with E-state index in [1.165, 1.54) is 6.07 Å². The van der Waals surface area contributed by atoms with Gasteiger partial charge in [0.2, 0.25) is 0 Å². The second-order valence-corrected chi connectivity index (χ2v) is 6.18. The Morgan fingerprint density at radius 2 is 2.12 bits per heavy atom. The van der Waals surface area contributed by atoms with Gasteiger partial charge in [0.1, 0.15) is 5.52 Å². The number of nitrogens with zero attached hydrogens (tertiary/aromatic N) is 1. The summed E-state index contributed by atoms with van der Waals surface area (Å²) in [6.45, 7) is 1.89. The zero-order valence-corrected chi connectivity index (χ0v) is 13.9. The lowest BCUT2D eigenvalue weighted by molar-refractivity contribution is 0.528. The Kier molecular flexibility index (Phi) is 3.69. The van der Waals surface area contributed by atoms with Gasteiger partial charge in [0, 0.05) is 46.7 Å². The van der Waals surface area contributed by atoms with Crippen molar-refractivity contribution < 1.29 is 8.81 Å². The van der Waals surface area contributed by atoms with E-state index in [4.69, 9.17) is 16.0 Å². The molecule has 0 aliphatic rings. The number of nitrogens with one attached hydrogen (secondary N) is 2. The molecule has 2 heterocycles. The summed E-state index contributed by atoms with van der Waals surface area (Å²) in [6.07, 6.45) is 0. The van der Waals surface area contributed by atoms with Crippen LogP contribution in [0.3, 0.4) is 0 Å². The van der Waals surface area contributed by atoms with Crippen LogP contribution in [0.15, 0.2) is 45.6 Å². The van der Waals surface area contributed by atoms with Gasteiger partial charge in [-0.1, -0.05) is 11.6 Å². The van der Waals surface area contributed by atoms with Gasteiger partial charge in [-0.2, -0.15) is 0 Å². The molecule has 2 aromatic heterocycles. The Morgan fingerprint density at radius 1 is 1.28 bits per heavy atom. The third-order valence-corrected chi connectivity index (χ3v) is 4.15. The minimum atomic E-state index is -0.500. The minimum Gasteiger partial charge on any atom is -0.438 e. The largest absolute Gasteiger partial charge is 0.438 e. The first-order valence-electron chi connectivity index (χ1n) is 7.61. The summed E-state index contributed by atoms with van der Waals surface area (Å²) in [4.78, 5) is 19.1. The van der Waals surface area contributed by atoms with E-state index in [1.54, 1.807) is 37.3 Å². The normalized spacial score (nSPS) is 11.3. The van der Waals surface area contributed by atoms with Crippen LogP contribution in [0.5, 0.6) is 0 Å². The molecule has 0 radical (unpaired) electrons. The number of fused-ring (bicyclic) bond motifs is 2. The second kappa shape index (κ2) is 5.89. The molecule has 4 rings (SSSR count). The van der Waals surface area contributed by atoms with Gasteiger partial charge in [0.25, 0.3) is 5.56 Å². The molecule has 25 heavy (non-hydrogen) atoms. The number of halogens is 2. The van der Waals surface area contributed by atoms with Crippen LogP contribution in [0.1, 0.15) is 11.5 Å². The summed E-state index contributed by atoms with van der Waals surface area (Å²) in [5, 5.41) is 4.47. The van der Waals surface area contributed by atoms with E-state index in [-0.39, 0.29) is 17.7 Å². The number of pyridine rings is 1. The lowest BCUT2D eigenvalue weighted by Gasteiger charge is -2.07. The fraction of sp³-hybridized carbons (Fsp3) is 0.111. The number of aromatic amines is 1. The molecule has 0 fully saturated rings. The number of hydrogen-bond acceptors (Lipinski definition) is 4. The first-order valence-corrected chi connectivity index (χ1v) is 7.99. The smallest absolute Gasteiger partial charge is 0.253 e. The summed E-state index contributed by atoms with van der Waals surface area (Å²) in [6, 6.07) is 10.0. The number of aromatic nitrogens is 2. The maximum atomic E-state index is 14.1. The third-order valence-electron chi connectivity index (χ3n) is 3.92. The van der Waals surface area contributed by atoms with Crippen molar-refractivity contribution in [1.29, 1.82) is 0 Å². The van der Waals surface area contributed by atoms with Gasteiger partial charge in [-0.3, -0.25) is 4.79 Å². The van der Waals surface area contributed by atoms with Gasteiger partial charge < -0.3 is 14.7 Å². The highest BCUT2D eigenvalue weighted by molar-refractivity contribution is 6.31. The lowest BCUT2D eigenvalue weighted by atomic mass is 10.1. The molecule has 2 N–H and O–H groups in total. The Bertz CT molecular complexity index is 1170. The first-order chi connectivity index (χ1) is 12.0. The van der Waals surface area contributed by atoms with Crippen LogP contribution in [0, 0.1) is 12.7 Å². The van der Waals surface area contributed by atoms with Crippen LogP contribution in [0.25, 0.3) is 22.0 Å². The quantitative estimate of drug-likeness (QED) is 0.570. The number of oxazole rings is 1. The van der Waals surface area contributed by atoms with E-state index < -0.39 is 5.82 Å². The van der Waals surface area contributed by atoms with Crippen molar-refractivity contribution in [1.82, 2.24) is 9.97 Å². The fourth-order valence-electron chi connectivity index (χ4n) is 2.76. The molecule has 0 atom stereocenters. The van der Waals surface area contributed by atoms with Crippen molar-refractivity contribution in [3.8, 4) is 0 Å². The minimum absolute atomic E-state index is 0.126. The van der Waals surface area contributed by atoms with Crippen molar-refractivity contribution in [2.45, 2.75) is 13.5 Å². The molecule has 0 aliphatic heterocycles. The first kappa shape index (κ1) is 15.7. The summed E-state index contributed by atoms with van der Waals surface area (Å²) >= 11 is 5.99. The molecule has 5 nitrogen and oxygen atoms in total. The van der Waals surface area contributed by atoms with Gasteiger partial charge in [-0.05, 0) is 30.3 Å². The molecular formula is C18H13ClFN3O2. The zero-order chi connectivity index (χ0) is 17.6. The zero-order valence-electron chi connectivity index (χ0n) is 13.2. The van der Waals surface area contributed by atoms with Gasteiger partial charge in [-0.15, -0.1) is 0 Å². The molecule has 0 spiro atoms. The molecule has 0 amide bonds. The highest BCUT2D eigenvalue weighted by Crippen LogP contribution is 2.24. The number of anilines is 1. The van der Waals surface area contributed by atoms with Crippen molar-refractivity contribution in [3.63, 3.8) is 0 Å². The molecule has 7 heteroatoms. The van der Waals surface area contributed by atoms with Crippen molar-refractivity contribution in [2.75, 3.05) is 5.32 Å². The third kappa shape index (κ3) is 2.96. The van der Waals surface area contributed by atoms with Crippen molar-refractivity contribution in [2.24, 2.45) is 0 Å². The molecule has 0 saturated carbocycles. The standard InChI is InChI=1S/C18H13ClFN3O2/c1-9-22-16-7-13(6-14(20)17(16)25-9)21-8-11-4-10-5-12(19)2-3-15(10)23-18(11)24/h2-7,21H,8H2,1H3,(H,23,24). The van der Waals surface area contributed by atoms with E-state index in [2.05, 4.69) is 15.3 Å². The van der Waals surface area contributed by atoms with Crippen LogP contribution in [-0.2, 0) is 6.54 Å². The molecule has 4 aromatic rings. The van der Waals surface area contributed by atoms with E-state index >= 15 is 0 Å². The monoisotopic (exact) mass is 357 g/mol.